The molecule has 3 heterocycles. The summed E-state index contributed by atoms with van der Waals surface area (Å²) in [4.78, 5) is 24.9. The second-order valence-electron chi connectivity index (χ2n) is 11.3. The van der Waals surface area contributed by atoms with Gasteiger partial charge in [-0.05, 0) is 83.6 Å². The molecular formula is C26H42N2O6. The van der Waals surface area contributed by atoms with Crippen LogP contribution < -0.4 is 11.1 Å². The highest BCUT2D eigenvalue weighted by atomic mass is 16.6. The van der Waals surface area contributed by atoms with E-state index in [-0.39, 0.29) is 37.4 Å². The number of nitrogens with one attached hydrogen (secondary N) is 1. The van der Waals surface area contributed by atoms with E-state index in [0.717, 1.165) is 45.1 Å². The predicted molar refractivity (Wildman–Crippen MR) is 126 cm³/mol. The summed E-state index contributed by atoms with van der Waals surface area (Å²) in [7, 11) is 0. The number of hydrogen-bond donors (Lipinski definition) is 3. The zero-order valence-electron chi connectivity index (χ0n) is 20.9. The monoisotopic (exact) mass is 478 g/mol. The van der Waals surface area contributed by atoms with Crippen molar-refractivity contribution >= 4 is 11.9 Å². The Morgan fingerprint density at radius 2 is 2.06 bits per heavy atom. The molecule has 0 radical (unpaired) electrons. The maximum atomic E-state index is 13.0. The van der Waals surface area contributed by atoms with Crippen molar-refractivity contribution in [1.29, 1.82) is 0 Å². The van der Waals surface area contributed by atoms with Crippen LogP contribution in [-0.2, 0) is 23.8 Å². The van der Waals surface area contributed by atoms with Gasteiger partial charge < -0.3 is 30.4 Å². The highest BCUT2D eigenvalue weighted by molar-refractivity contribution is 5.88. The van der Waals surface area contributed by atoms with Gasteiger partial charge in [0.1, 0.15) is 17.3 Å². The molecule has 0 aromatic carbocycles. The molecule has 4 aliphatic rings. The fourth-order valence-electron chi connectivity index (χ4n) is 6.62. The van der Waals surface area contributed by atoms with E-state index in [4.69, 9.17) is 19.9 Å². The standard InChI is InChI=1S/C26H42N2O6/c1-4-17(9-10-29)24(31)34-25(2,3)26(13-16-5-7-22(27)28-15-16)14-19-11-18-6-8-23(30)32-20(18)12-21(19)33-26/h4,16,18-22,28-29H,5-15,27H2,1-3H3/t16?,18?,19?,20?,21?,22?,26-/m1/s1. The van der Waals surface area contributed by atoms with Crippen molar-refractivity contribution in [3.05, 3.63) is 11.6 Å². The Labute approximate surface area is 202 Å². The van der Waals surface area contributed by atoms with Gasteiger partial charge in [-0.3, -0.25) is 4.79 Å². The minimum absolute atomic E-state index is 0.0115. The largest absolute Gasteiger partial charge is 0.462 e. The van der Waals surface area contributed by atoms with Crippen LogP contribution in [0.3, 0.4) is 0 Å². The molecule has 8 nitrogen and oxygen atoms in total. The Balaban J connectivity index is 1.56. The number of aliphatic hydroxyl groups excluding tert-OH is 1. The smallest absolute Gasteiger partial charge is 0.334 e. The maximum Gasteiger partial charge on any atom is 0.334 e. The summed E-state index contributed by atoms with van der Waals surface area (Å²) in [6.07, 6.45) is 8.51. The van der Waals surface area contributed by atoms with E-state index in [2.05, 4.69) is 5.32 Å². The lowest BCUT2D eigenvalue weighted by molar-refractivity contribution is -0.206. The molecule has 3 aliphatic heterocycles. The van der Waals surface area contributed by atoms with Gasteiger partial charge in [0, 0.05) is 31.4 Å². The SMILES string of the molecule is CC=C(CCO)C(=O)OC(C)(C)[C@@]1(CC2CCC(N)NC2)CC2CC3CCC(=O)OC3CC2O1. The fraction of sp³-hybridized carbons (Fsp3) is 0.846. The highest BCUT2D eigenvalue weighted by Crippen LogP contribution is 2.54. The Hall–Kier alpha value is -1.48. The molecular weight excluding hydrogens is 436 g/mol. The second kappa shape index (κ2) is 10.2. The molecule has 3 saturated heterocycles. The summed E-state index contributed by atoms with van der Waals surface area (Å²) >= 11 is 0. The second-order valence-corrected chi connectivity index (χ2v) is 11.3. The maximum absolute atomic E-state index is 13.0. The zero-order valence-corrected chi connectivity index (χ0v) is 20.9. The number of nitrogens with two attached hydrogens (primary N) is 1. The van der Waals surface area contributed by atoms with Crippen LogP contribution in [0.15, 0.2) is 11.6 Å². The van der Waals surface area contributed by atoms with Crippen LogP contribution in [0.2, 0.25) is 0 Å². The molecule has 0 aromatic heterocycles. The Morgan fingerprint density at radius 3 is 2.74 bits per heavy atom. The lowest BCUT2D eigenvalue weighted by Crippen LogP contribution is -2.56. The van der Waals surface area contributed by atoms with E-state index in [1.807, 2.05) is 13.8 Å². The first kappa shape index (κ1) is 25.6. The third-order valence-corrected chi connectivity index (χ3v) is 8.70. The van der Waals surface area contributed by atoms with Crippen LogP contribution in [0.1, 0.15) is 78.6 Å². The van der Waals surface area contributed by atoms with E-state index in [1.165, 1.54) is 0 Å². The van der Waals surface area contributed by atoms with Gasteiger partial charge in [0.25, 0.3) is 0 Å². The number of piperidine rings is 1. The fourth-order valence-corrected chi connectivity index (χ4v) is 6.62. The Kier molecular flexibility index (Phi) is 7.72. The molecule has 7 atom stereocenters. The molecule has 4 fully saturated rings. The first-order valence-corrected chi connectivity index (χ1v) is 13.0. The van der Waals surface area contributed by atoms with Crippen molar-refractivity contribution in [3.63, 3.8) is 0 Å². The lowest BCUT2D eigenvalue weighted by atomic mass is 9.69. The molecule has 8 heteroatoms. The summed E-state index contributed by atoms with van der Waals surface area (Å²) in [5.74, 6) is 0.610. The van der Waals surface area contributed by atoms with E-state index < -0.39 is 17.2 Å². The topological polar surface area (TPSA) is 120 Å². The van der Waals surface area contributed by atoms with Crippen LogP contribution >= 0.6 is 0 Å². The van der Waals surface area contributed by atoms with Gasteiger partial charge in [-0.1, -0.05) is 6.08 Å². The third kappa shape index (κ3) is 5.20. The first-order valence-electron chi connectivity index (χ1n) is 13.0. The number of ether oxygens (including phenoxy) is 3. The van der Waals surface area contributed by atoms with Crippen molar-refractivity contribution in [3.8, 4) is 0 Å². The predicted octanol–water partition coefficient (Wildman–Crippen LogP) is 2.57. The molecule has 4 rings (SSSR count). The lowest BCUT2D eigenvalue weighted by Gasteiger charge is -2.46. The molecule has 6 unspecified atom stereocenters. The van der Waals surface area contributed by atoms with Crippen LogP contribution in [0.4, 0.5) is 0 Å². The molecule has 34 heavy (non-hydrogen) atoms. The number of carbonyl (C=O) groups excluding carboxylic acids is 2. The van der Waals surface area contributed by atoms with Gasteiger partial charge in [-0.25, -0.2) is 4.79 Å². The van der Waals surface area contributed by atoms with Crippen LogP contribution in [0, 0.1) is 17.8 Å². The van der Waals surface area contributed by atoms with Crippen LogP contribution in [0.25, 0.3) is 0 Å². The molecule has 0 spiro atoms. The highest BCUT2D eigenvalue weighted by Gasteiger charge is 2.60. The molecule has 0 amide bonds. The van der Waals surface area contributed by atoms with Gasteiger partial charge in [0.15, 0.2) is 0 Å². The molecule has 1 saturated carbocycles. The number of allylic oxidation sites excluding steroid dienone is 1. The average molecular weight is 479 g/mol. The number of hydrogen-bond acceptors (Lipinski definition) is 8. The van der Waals surface area contributed by atoms with Gasteiger partial charge in [-0.2, -0.15) is 0 Å². The van der Waals surface area contributed by atoms with Crippen molar-refractivity contribution < 1.29 is 28.9 Å². The van der Waals surface area contributed by atoms with E-state index in [9.17, 15) is 14.7 Å². The molecule has 192 valence electrons. The van der Waals surface area contributed by atoms with Gasteiger partial charge in [0.2, 0.25) is 0 Å². The summed E-state index contributed by atoms with van der Waals surface area (Å²) in [6, 6.07) is 0. The third-order valence-electron chi connectivity index (χ3n) is 8.70. The van der Waals surface area contributed by atoms with Gasteiger partial charge in [-0.15, -0.1) is 0 Å². The average Bonchev–Trinajstić information content (AvgIpc) is 3.15. The van der Waals surface area contributed by atoms with Gasteiger partial charge >= 0.3 is 11.9 Å². The Morgan fingerprint density at radius 1 is 1.26 bits per heavy atom. The Bertz CT molecular complexity index is 790. The first-order chi connectivity index (χ1) is 16.2. The summed E-state index contributed by atoms with van der Waals surface area (Å²) < 4.78 is 18.8. The molecule has 1 aliphatic carbocycles. The molecule has 0 aromatic rings. The van der Waals surface area contributed by atoms with E-state index >= 15 is 0 Å². The van der Waals surface area contributed by atoms with Crippen molar-refractivity contribution in [1.82, 2.24) is 5.32 Å². The number of esters is 2. The summed E-state index contributed by atoms with van der Waals surface area (Å²) in [5, 5.41) is 12.7. The number of fused-ring (bicyclic) bond motifs is 2. The quantitative estimate of drug-likeness (QED) is 0.377. The minimum Gasteiger partial charge on any atom is -0.462 e. The van der Waals surface area contributed by atoms with E-state index in [1.54, 1.807) is 13.0 Å². The van der Waals surface area contributed by atoms with Crippen molar-refractivity contribution in [2.75, 3.05) is 13.2 Å². The number of carbonyl (C=O) groups is 2. The zero-order chi connectivity index (χ0) is 24.5. The van der Waals surface area contributed by atoms with Gasteiger partial charge in [0.05, 0.1) is 12.3 Å². The van der Waals surface area contributed by atoms with Crippen LogP contribution in [0.5, 0.6) is 0 Å². The van der Waals surface area contributed by atoms with Crippen molar-refractivity contribution in [2.24, 2.45) is 23.5 Å². The van der Waals surface area contributed by atoms with Crippen LogP contribution in [-0.4, -0.2) is 59.8 Å². The summed E-state index contributed by atoms with van der Waals surface area (Å²) in [5.41, 5.74) is 5.03. The van der Waals surface area contributed by atoms with E-state index in [0.29, 0.717) is 36.2 Å². The summed E-state index contributed by atoms with van der Waals surface area (Å²) in [6.45, 7) is 6.43. The van der Waals surface area contributed by atoms with Crippen molar-refractivity contribution in [2.45, 2.75) is 108 Å². The molecule has 0 bridgehead atoms. The molecule has 4 N–H and O–H groups in total. The normalized spacial score (nSPS) is 38.6. The minimum atomic E-state index is -0.869. The number of aliphatic hydroxyl groups is 1. The number of rotatable bonds is 7.